The minimum atomic E-state index is -0.360. The monoisotopic (exact) mass is 437 g/mol. The number of hydrazone groups is 1. The van der Waals surface area contributed by atoms with Gasteiger partial charge in [-0.15, -0.1) is 0 Å². The normalized spacial score (nSPS) is 10.5. The Morgan fingerprint density at radius 3 is 2.67 bits per heavy atom. The molecule has 6 nitrogen and oxygen atoms in total. The minimum Gasteiger partial charge on any atom is -0.496 e. The van der Waals surface area contributed by atoms with E-state index in [2.05, 4.69) is 38.4 Å². The summed E-state index contributed by atoms with van der Waals surface area (Å²) in [6, 6.07) is 12.2. The SMILES string of the molecule is COc1ccc(C=NNC(=O)c2cccc(NC(C)=O)c2)cc1I. The number of rotatable bonds is 5. The van der Waals surface area contributed by atoms with Gasteiger partial charge < -0.3 is 10.1 Å². The molecule has 0 aliphatic rings. The Morgan fingerprint density at radius 2 is 2.00 bits per heavy atom. The summed E-state index contributed by atoms with van der Waals surface area (Å²) in [5, 5.41) is 6.58. The van der Waals surface area contributed by atoms with Crippen molar-refractivity contribution in [2.75, 3.05) is 12.4 Å². The predicted molar refractivity (Wildman–Crippen MR) is 102 cm³/mol. The molecule has 2 aromatic rings. The lowest BCUT2D eigenvalue weighted by molar-refractivity contribution is -0.114. The van der Waals surface area contributed by atoms with Crippen molar-refractivity contribution in [3.63, 3.8) is 0 Å². The molecule has 0 saturated heterocycles. The number of benzene rings is 2. The van der Waals surface area contributed by atoms with Gasteiger partial charge in [0.2, 0.25) is 5.91 Å². The van der Waals surface area contributed by atoms with Gasteiger partial charge in [-0.3, -0.25) is 9.59 Å². The molecule has 0 saturated carbocycles. The van der Waals surface area contributed by atoms with E-state index in [-0.39, 0.29) is 11.8 Å². The maximum atomic E-state index is 12.1. The molecular formula is C17H16IN3O3. The largest absolute Gasteiger partial charge is 0.496 e. The molecule has 0 heterocycles. The van der Waals surface area contributed by atoms with Crippen molar-refractivity contribution in [3.05, 3.63) is 57.2 Å². The fourth-order valence-electron chi connectivity index (χ4n) is 1.93. The van der Waals surface area contributed by atoms with E-state index in [0.29, 0.717) is 11.3 Å². The third kappa shape index (κ3) is 5.05. The zero-order chi connectivity index (χ0) is 17.5. The molecule has 0 aromatic heterocycles. The van der Waals surface area contributed by atoms with Gasteiger partial charge in [-0.1, -0.05) is 6.07 Å². The highest BCUT2D eigenvalue weighted by molar-refractivity contribution is 14.1. The first-order valence-corrected chi connectivity index (χ1v) is 8.12. The van der Waals surface area contributed by atoms with Gasteiger partial charge in [0.15, 0.2) is 0 Å². The highest BCUT2D eigenvalue weighted by atomic mass is 127. The lowest BCUT2D eigenvalue weighted by atomic mass is 10.2. The highest BCUT2D eigenvalue weighted by Gasteiger charge is 2.06. The van der Waals surface area contributed by atoms with Crippen molar-refractivity contribution in [1.29, 1.82) is 0 Å². The summed E-state index contributed by atoms with van der Waals surface area (Å²) < 4.78 is 6.14. The Kier molecular flexibility index (Phi) is 6.30. The lowest BCUT2D eigenvalue weighted by Crippen LogP contribution is -2.18. The van der Waals surface area contributed by atoms with Gasteiger partial charge in [-0.2, -0.15) is 5.10 Å². The van der Waals surface area contributed by atoms with Gasteiger partial charge in [-0.25, -0.2) is 5.43 Å². The zero-order valence-electron chi connectivity index (χ0n) is 13.2. The van der Waals surface area contributed by atoms with Crippen LogP contribution in [0.25, 0.3) is 0 Å². The molecule has 0 fully saturated rings. The summed E-state index contributed by atoms with van der Waals surface area (Å²) in [7, 11) is 1.61. The van der Waals surface area contributed by atoms with Crippen LogP contribution in [0.5, 0.6) is 5.75 Å². The van der Waals surface area contributed by atoms with E-state index in [4.69, 9.17) is 4.74 Å². The quantitative estimate of drug-likeness (QED) is 0.429. The highest BCUT2D eigenvalue weighted by Crippen LogP contribution is 2.20. The first-order chi connectivity index (χ1) is 11.5. The summed E-state index contributed by atoms with van der Waals surface area (Å²) in [4.78, 5) is 23.1. The summed E-state index contributed by atoms with van der Waals surface area (Å²) >= 11 is 2.16. The number of halogens is 1. The van der Waals surface area contributed by atoms with Crippen LogP contribution in [-0.4, -0.2) is 25.1 Å². The topological polar surface area (TPSA) is 79.8 Å². The van der Waals surface area contributed by atoms with Crippen molar-refractivity contribution >= 4 is 46.3 Å². The average Bonchev–Trinajstić information content (AvgIpc) is 2.54. The van der Waals surface area contributed by atoms with Crippen molar-refractivity contribution in [1.82, 2.24) is 5.43 Å². The number of methoxy groups -OCH3 is 1. The van der Waals surface area contributed by atoms with Crippen molar-refractivity contribution in [3.8, 4) is 5.75 Å². The number of ether oxygens (including phenoxy) is 1. The third-order valence-electron chi connectivity index (χ3n) is 3.00. The number of anilines is 1. The Hall–Kier alpha value is -2.42. The predicted octanol–water partition coefficient (Wildman–Crippen LogP) is 3.02. The number of carbonyl (C=O) groups is 2. The van der Waals surface area contributed by atoms with Gasteiger partial charge in [0.05, 0.1) is 16.9 Å². The zero-order valence-corrected chi connectivity index (χ0v) is 15.3. The standard InChI is InChI=1S/C17H16IN3O3/c1-11(22)20-14-5-3-4-13(9-14)17(23)21-19-10-12-6-7-16(24-2)15(18)8-12/h3-10H,1-2H3,(H,20,22)(H,21,23). The molecule has 0 unspecified atom stereocenters. The van der Waals surface area contributed by atoms with E-state index in [1.807, 2.05) is 18.2 Å². The van der Waals surface area contributed by atoms with Gasteiger partial charge in [0, 0.05) is 18.2 Å². The molecule has 2 aromatic carbocycles. The second-order valence-electron chi connectivity index (χ2n) is 4.86. The van der Waals surface area contributed by atoms with E-state index in [1.165, 1.54) is 6.92 Å². The van der Waals surface area contributed by atoms with Gasteiger partial charge in [0.25, 0.3) is 5.91 Å². The molecule has 0 radical (unpaired) electrons. The fraction of sp³-hybridized carbons (Fsp3) is 0.118. The van der Waals surface area contributed by atoms with E-state index >= 15 is 0 Å². The summed E-state index contributed by atoms with van der Waals surface area (Å²) in [5.41, 5.74) is 4.26. The lowest BCUT2D eigenvalue weighted by Gasteiger charge is -2.05. The summed E-state index contributed by atoms with van der Waals surface area (Å²) in [6.45, 7) is 1.41. The number of hydrogen-bond acceptors (Lipinski definition) is 4. The van der Waals surface area contributed by atoms with Crippen LogP contribution in [0.2, 0.25) is 0 Å². The molecule has 2 amide bonds. The Morgan fingerprint density at radius 1 is 1.21 bits per heavy atom. The number of nitrogens with one attached hydrogen (secondary N) is 2. The van der Waals surface area contributed by atoms with Crippen LogP contribution in [0, 0.1) is 3.57 Å². The first kappa shape index (κ1) is 17.9. The molecule has 0 bridgehead atoms. The Labute approximate surface area is 153 Å². The van der Waals surface area contributed by atoms with Gasteiger partial charge >= 0.3 is 0 Å². The first-order valence-electron chi connectivity index (χ1n) is 7.04. The van der Waals surface area contributed by atoms with Crippen LogP contribution >= 0.6 is 22.6 Å². The molecule has 2 rings (SSSR count). The Balaban J connectivity index is 2.02. The number of carbonyl (C=O) groups excluding carboxylic acids is 2. The van der Waals surface area contributed by atoms with E-state index in [1.54, 1.807) is 37.6 Å². The molecule has 0 atom stereocenters. The van der Waals surface area contributed by atoms with Crippen LogP contribution in [0.1, 0.15) is 22.8 Å². The maximum Gasteiger partial charge on any atom is 0.271 e. The second kappa shape index (κ2) is 8.44. The van der Waals surface area contributed by atoms with Crippen molar-refractivity contribution < 1.29 is 14.3 Å². The molecule has 24 heavy (non-hydrogen) atoms. The molecule has 7 heteroatoms. The fourth-order valence-corrected chi connectivity index (χ4v) is 2.69. The number of amides is 2. The van der Waals surface area contributed by atoms with Crippen LogP contribution in [-0.2, 0) is 4.79 Å². The van der Waals surface area contributed by atoms with Crippen LogP contribution in [0.4, 0.5) is 5.69 Å². The third-order valence-corrected chi connectivity index (χ3v) is 3.84. The maximum absolute atomic E-state index is 12.1. The van der Waals surface area contributed by atoms with Gasteiger partial charge in [-0.05, 0) is 64.6 Å². The van der Waals surface area contributed by atoms with Crippen LogP contribution in [0.3, 0.4) is 0 Å². The van der Waals surface area contributed by atoms with Crippen LogP contribution < -0.4 is 15.5 Å². The second-order valence-corrected chi connectivity index (χ2v) is 6.02. The van der Waals surface area contributed by atoms with E-state index in [0.717, 1.165) is 14.9 Å². The number of hydrogen-bond donors (Lipinski definition) is 2. The van der Waals surface area contributed by atoms with Crippen molar-refractivity contribution in [2.24, 2.45) is 5.10 Å². The average molecular weight is 437 g/mol. The molecule has 0 aliphatic heterocycles. The van der Waals surface area contributed by atoms with E-state index < -0.39 is 0 Å². The smallest absolute Gasteiger partial charge is 0.271 e. The summed E-state index contributed by atoms with van der Waals surface area (Å²) in [5.74, 6) is 0.230. The molecule has 0 aliphatic carbocycles. The molecular weight excluding hydrogens is 421 g/mol. The molecule has 2 N–H and O–H groups in total. The summed E-state index contributed by atoms with van der Waals surface area (Å²) in [6.07, 6.45) is 1.55. The molecule has 0 spiro atoms. The van der Waals surface area contributed by atoms with Crippen LogP contribution in [0.15, 0.2) is 47.6 Å². The van der Waals surface area contributed by atoms with Crippen molar-refractivity contribution in [2.45, 2.75) is 6.92 Å². The Bertz CT molecular complexity index is 790. The van der Waals surface area contributed by atoms with E-state index in [9.17, 15) is 9.59 Å². The number of nitrogens with zero attached hydrogens (tertiary/aromatic N) is 1. The minimum absolute atomic E-state index is 0.195. The van der Waals surface area contributed by atoms with Gasteiger partial charge in [0.1, 0.15) is 5.75 Å². The molecule has 124 valence electrons.